The SMILES string of the molecule is C[C@@H]1CS(O)(O)CCN1C[C@H]1CN(S(=O)(=O)c2cccs2)CCN1c1ccc([C@](C)(O)C(F)(F)F)cc1. The fourth-order valence-corrected chi connectivity index (χ4v) is 9.11. The van der Waals surface area contributed by atoms with Gasteiger partial charge in [0.1, 0.15) is 4.21 Å². The highest BCUT2D eigenvalue weighted by Crippen LogP contribution is 2.43. The van der Waals surface area contributed by atoms with E-state index in [0.717, 1.165) is 11.3 Å². The molecule has 0 aliphatic carbocycles. The summed E-state index contributed by atoms with van der Waals surface area (Å²) in [5, 5.41) is 11.7. The fraction of sp³-hybridized carbons (Fsp3) is 0.565. The third kappa shape index (κ3) is 5.96. The molecule has 3 atom stereocenters. The summed E-state index contributed by atoms with van der Waals surface area (Å²) in [7, 11) is -6.34. The molecule has 0 amide bonds. The van der Waals surface area contributed by atoms with Gasteiger partial charge in [-0.05, 0) is 43.0 Å². The summed E-state index contributed by atoms with van der Waals surface area (Å²) in [6, 6.07) is 8.29. The van der Waals surface area contributed by atoms with E-state index in [0.29, 0.717) is 32.2 Å². The lowest BCUT2D eigenvalue weighted by Gasteiger charge is -2.49. The first-order chi connectivity index (χ1) is 17.1. The number of hydrogen-bond acceptors (Lipinski definition) is 8. The summed E-state index contributed by atoms with van der Waals surface area (Å²) in [4.78, 5) is 4.07. The minimum Gasteiger partial charge on any atom is -0.376 e. The zero-order valence-electron chi connectivity index (χ0n) is 20.5. The number of hydrogen-bond donors (Lipinski definition) is 3. The van der Waals surface area contributed by atoms with Gasteiger partial charge in [0.25, 0.3) is 10.0 Å². The Hall–Kier alpha value is -1.39. The molecule has 0 spiro atoms. The molecule has 2 aromatic rings. The Morgan fingerprint density at radius 1 is 1.11 bits per heavy atom. The molecule has 2 aliphatic heterocycles. The van der Waals surface area contributed by atoms with E-state index in [2.05, 4.69) is 4.90 Å². The van der Waals surface area contributed by atoms with E-state index < -0.39 is 32.4 Å². The van der Waals surface area contributed by atoms with Gasteiger partial charge >= 0.3 is 6.18 Å². The molecule has 2 aliphatic rings. The molecule has 1 aromatic heterocycles. The molecule has 37 heavy (non-hydrogen) atoms. The Bertz CT molecular complexity index is 1170. The first kappa shape index (κ1) is 28.6. The Balaban J connectivity index is 1.60. The normalized spacial score (nSPS) is 26.5. The van der Waals surface area contributed by atoms with Crippen LogP contribution in [0.1, 0.15) is 19.4 Å². The van der Waals surface area contributed by atoms with Crippen LogP contribution in [0.25, 0.3) is 0 Å². The zero-order chi connectivity index (χ0) is 27.2. The quantitative estimate of drug-likeness (QED) is 0.475. The molecule has 2 saturated heterocycles. The van der Waals surface area contributed by atoms with E-state index >= 15 is 0 Å². The second-order valence-corrected chi connectivity index (χ2v) is 15.2. The number of sulfonamides is 1. The van der Waals surface area contributed by atoms with Gasteiger partial charge in [-0.1, -0.05) is 18.2 Å². The number of nitrogens with zero attached hydrogens (tertiary/aromatic N) is 3. The standard InChI is InChI=1S/C23H32F3N3O5S3/c1-17-16-36(31,32)13-11-27(17)14-20-15-28(37(33,34)21-4-3-12-35-21)9-10-29(20)19-7-5-18(6-8-19)22(2,30)23(24,25)26/h3-8,12,17,20,30-32H,9-11,13-16H2,1-2H3/t17-,20+,22+/m1/s1. The number of aliphatic hydroxyl groups is 1. The van der Waals surface area contributed by atoms with Crippen LogP contribution in [-0.4, -0.2) is 94.3 Å². The number of rotatable bonds is 6. The molecule has 0 radical (unpaired) electrons. The lowest BCUT2D eigenvalue weighted by atomic mass is 9.95. The largest absolute Gasteiger partial charge is 0.421 e. The van der Waals surface area contributed by atoms with Crippen molar-refractivity contribution in [2.45, 2.75) is 41.9 Å². The van der Waals surface area contributed by atoms with Crippen LogP contribution in [-0.2, 0) is 15.6 Å². The molecule has 3 heterocycles. The van der Waals surface area contributed by atoms with E-state index in [9.17, 15) is 35.8 Å². The molecule has 3 N–H and O–H groups in total. The van der Waals surface area contributed by atoms with E-state index in [1.54, 1.807) is 17.5 Å². The molecular formula is C23H32F3N3O5S3. The topological polar surface area (TPSA) is 105 Å². The van der Waals surface area contributed by atoms with Crippen molar-refractivity contribution in [3.63, 3.8) is 0 Å². The summed E-state index contributed by atoms with van der Waals surface area (Å²) in [5.41, 5.74) is -2.66. The minimum atomic E-state index is -4.83. The van der Waals surface area contributed by atoms with Crippen LogP contribution in [0.2, 0.25) is 0 Å². The summed E-state index contributed by atoms with van der Waals surface area (Å²) in [6.07, 6.45) is -4.83. The Labute approximate surface area is 220 Å². The molecule has 0 saturated carbocycles. The number of halogens is 3. The van der Waals surface area contributed by atoms with Crippen molar-refractivity contribution in [1.29, 1.82) is 0 Å². The van der Waals surface area contributed by atoms with Crippen molar-refractivity contribution in [3.8, 4) is 0 Å². The first-order valence-electron chi connectivity index (χ1n) is 11.8. The molecule has 14 heteroatoms. The van der Waals surface area contributed by atoms with Crippen LogP contribution >= 0.6 is 21.9 Å². The third-order valence-electron chi connectivity index (χ3n) is 7.13. The maximum Gasteiger partial charge on any atom is 0.421 e. The number of anilines is 1. The van der Waals surface area contributed by atoms with Gasteiger partial charge in [-0.3, -0.25) is 14.0 Å². The van der Waals surface area contributed by atoms with Crippen molar-refractivity contribution in [2.24, 2.45) is 0 Å². The summed E-state index contributed by atoms with van der Waals surface area (Å²) in [6.45, 7) is 4.18. The highest BCUT2D eigenvalue weighted by molar-refractivity contribution is 8.24. The highest BCUT2D eigenvalue weighted by Gasteiger charge is 2.51. The van der Waals surface area contributed by atoms with Gasteiger partial charge in [-0.25, -0.2) is 8.42 Å². The van der Waals surface area contributed by atoms with E-state index in [4.69, 9.17) is 0 Å². The second-order valence-electron chi connectivity index (χ2n) is 9.78. The predicted octanol–water partition coefficient (Wildman–Crippen LogP) is 3.85. The fourth-order valence-electron chi connectivity index (χ4n) is 4.82. The Morgan fingerprint density at radius 3 is 2.35 bits per heavy atom. The molecule has 0 bridgehead atoms. The Morgan fingerprint density at radius 2 is 1.78 bits per heavy atom. The lowest BCUT2D eigenvalue weighted by Crippen LogP contribution is -2.60. The summed E-state index contributed by atoms with van der Waals surface area (Å²) in [5.74, 6) is 0.473. The molecule has 0 unspecified atom stereocenters. The van der Waals surface area contributed by atoms with Crippen LogP contribution in [0.3, 0.4) is 0 Å². The molecule has 1 aromatic carbocycles. The van der Waals surface area contributed by atoms with Crippen molar-refractivity contribution >= 4 is 37.6 Å². The maximum atomic E-state index is 13.3. The summed E-state index contributed by atoms with van der Waals surface area (Å²) < 4.78 is 88.3. The first-order valence-corrected chi connectivity index (χ1v) is 16.0. The molecule has 8 nitrogen and oxygen atoms in total. The maximum absolute atomic E-state index is 13.3. The van der Waals surface area contributed by atoms with Crippen LogP contribution in [0.5, 0.6) is 0 Å². The zero-order valence-corrected chi connectivity index (χ0v) is 23.0. The molecular weight excluding hydrogens is 551 g/mol. The van der Waals surface area contributed by atoms with Crippen LogP contribution in [0.15, 0.2) is 46.0 Å². The van der Waals surface area contributed by atoms with Crippen LogP contribution < -0.4 is 4.90 Å². The number of piperazine rings is 1. The average Bonchev–Trinajstić information content (AvgIpc) is 3.36. The van der Waals surface area contributed by atoms with E-state index in [1.807, 2.05) is 11.8 Å². The van der Waals surface area contributed by atoms with Gasteiger partial charge in [0, 0.05) is 44.5 Å². The molecule has 208 valence electrons. The number of benzene rings is 1. The highest BCUT2D eigenvalue weighted by atomic mass is 32.3. The lowest BCUT2D eigenvalue weighted by molar-refractivity contribution is -0.258. The van der Waals surface area contributed by atoms with Crippen LogP contribution in [0, 0.1) is 0 Å². The van der Waals surface area contributed by atoms with Crippen molar-refractivity contribution in [3.05, 3.63) is 47.3 Å². The third-order valence-corrected chi connectivity index (χ3v) is 12.2. The predicted molar refractivity (Wildman–Crippen MR) is 140 cm³/mol. The van der Waals surface area contributed by atoms with Gasteiger partial charge < -0.3 is 10.0 Å². The van der Waals surface area contributed by atoms with Crippen molar-refractivity contribution < 1.29 is 35.8 Å². The van der Waals surface area contributed by atoms with Gasteiger partial charge in [0.2, 0.25) is 0 Å². The number of thiophene rings is 1. The van der Waals surface area contributed by atoms with Crippen molar-refractivity contribution in [2.75, 3.05) is 49.1 Å². The molecule has 2 fully saturated rings. The van der Waals surface area contributed by atoms with Crippen molar-refractivity contribution in [1.82, 2.24) is 9.21 Å². The Kier molecular flexibility index (Phi) is 7.97. The van der Waals surface area contributed by atoms with Gasteiger partial charge in [0.05, 0.1) is 17.5 Å². The van der Waals surface area contributed by atoms with Crippen LogP contribution in [0.4, 0.5) is 18.9 Å². The average molecular weight is 584 g/mol. The second kappa shape index (κ2) is 10.3. The number of alkyl halides is 3. The van der Waals surface area contributed by atoms with Gasteiger partial charge in [-0.15, -0.1) is 11.3 Å². The van der Waals surface area contributed by atoms with Gasteiger partial charge in [-0.2, -0.15) is 28.1 Å². The molecule has 4 rings (SSSR count). The minimum absolute atomic E-state index is 0.130. The smallest absolute Gasteiger partial charge is 0.376 e. The summed E-state index contributed by atoms with van der Waals surface area (Å²) >= 11 is 1.14. The van der Waals surface area contributed by atoms with E-state index in [-0.39, 0.29) is 46.5 Å². The van der Waals surface area contributed by atoms with Gasteiger partial charge in [0.15, 0.2) is 5.60 Å². The monoisotopic (exact) mass is 583 g/mol. The van der Waals surface area contributed by atoms with E-state index in [1.165, 1.54) is 28.6 Å².